The van der Waals surface area contributed by atoms with Crippen molar-refractivity contribution in [1.82, 2.24) is 4.90 Å². The minimum atomic E-state index is 0.148. The van der Waals surface area contributed by atoms with E-state index in [-0.39, 0.29) is 11.9 Å². The Kier molecular flexibility index (Phi) is 5.94. The molecule has 3 rings (SSSR count). The Bertz CT molecular complexity index is 810. The van der Waals surface area contributed by atoms with E-state index in [1.54, 1.807) is 20.3 Å². The first-order valence-corrected chi connectivity index (χ1v) is 9.21. The molecule has 4 nitrogen and oxygen atoms in total. The third-order valence-electron chi connectivity index (χ3n) is 4.71. The Hall–Kier alpha value is -1.91. The highest BCUT2D eigenvalue weighted by atomic mass is 35.5. The summed E-state index contributed by atoms with van der Waals surface area (Å²) in [4.78, 5) is 14.3. The standard InChI is InChI=1S/C20H21Cl2NO3/c1-25-18-7-4-13(11-19(18)26-2)9-15-5-8-20(24)23(15)12-14-3-6-16(21)17(22)10-14/h3-4,6-7,10-11,15H,5,8-9,12H2,1-2H3/t15-/m0/s1. The summed E-state index contributed by atoms with van der Waals surface area (Å²) in [6.07, 6.45) is 2.18. The van der Waals surface area contributed by atoms with E-state index in [1.807, 2.05) is 35.2 Å². The van der Waals surface area contributed by atoms with E-state index in [1.165, 1.54) is 0 Å². The minimum Gasteiger partial charge on any atom is -0.493 e. The van der Waals surface area contributed by atoms with Gasteiger partial charge in [-0.2, -0.15) is 0 Å². The zero-order chi connectivity index (χ0) is 18.7. The molecule has 138 valence electrons. The van der Waals surface area contributed by atoms with E-state index in [0.29, 0.717) is 34.5 Å². The number of nitrogens with zero attached hydrogens (tertiary/aromatic N) is 1. The van der Waals surface area contributed by atoms with Crippen LogP contribution in [0.15, 0.2) is 36.4 Å². The molecule has 1 fully saturated rings. The normalized spacial score (nSPS) is 16.8. The first-order chi connectivity index (χ1) is 12.5. The lowest BCUT2D eigenvalue weighted by molar-refractivity contribution is -0.129. The van der Waals surface area contributed by atoms with Crippen LogP contribution < -0.4 is 9.47 Å². The number of hydrogen-bond acceptors (Lipinski definition) is 3. The molecule has 0 aliphatic carbocycles. The number of methoxy groups -OCH3 is 2. The number of halogens is 2. The summed E-state index contributed by atoms with van der Waals surface area (Å²) in [5.41, 5.74) is 2.09. The predicted molar refractivity (Wildman–Crippen MR) is 103 cm³/mol. The summed E-state index contributed by atoms with van der Waals surface area (Å²) >= 11 is 12.1. The first kappa shape index (κ1) is 18.9. The lowest BCUT2D eigenvalue weighted by atomic mass is 10.0. The summed E-state index contributed by atoms with van der Waals surface area (Å²) in [5, 5.41) is 1.03. The van der Waals surface area contributed by atoms with Crippen LogP contribution in [-0.2, 0) is 17.8 Å². The number of benzene rings is 2. The highest BCUT2D eigenvalue weighted by molar-refractivity contribution is 6.42. The fourth-order valence-electron chi connectivity index (χ4n) is 3.34. The number of carbonyl (C=O) groups is 1. The number of carbonyl (C=O) groups excluding carboxylic acids is 1. The van der Waals surface area contributed by atoms with Gasteiger partial charge in [-0.05, 0) is 48.2 Å². The van der Waals surface area contributed by atoms with Gasteiger partial charge < -0.3 is 14.4 Å². The van der Waals surface area contributed by atoms with Crippen molar-refractivity contribution < 1.29 is 14.3 Å². The van der Waals surface area contributed by atoms with Crippen LogP contribution in [0.25, 0.3) is 0 Å². The molecule has 0 N–H and O–H groups in total. The SMILES string of the molecule is COc1ccc(C[C@@H]2CCC(=O)N2Cc2ccc(Cl)c(Cl)c2)cc1OC. The van der Waals surface area contributed by atoms with Crippen LogP contribution in [-0.4, -0.2) is 31.1 Å². The number of rotatable bonds is 6. The summed E-state index contributed by atoms with van der Waals surface area (Å²) in [7, 11) is 3.24. The average Bonchev–Trinajstić information content (AvgIpc) is 2.98. The minimum absolute atomic E-state index is 0.148. The molecule has 1 amide bonds. The quantitative estimate of drug-likeness (QED) is 0.710. The monoisotopic (exact) mass is 393 g/mol. The molecule has 0 unspecified atom stereocenters. The topological polar surface area (TPSA) is 38.8 Å². The van der Waals surface area contributed by atoms with E-state index in [9.17, 15) is 4.79 Å². The van der Waals surface area contributed by atoms with E-state index in [2.05, 4.69) is 0 Å². The average molecular weight is 394 g/mol. The third-order valence-corrected chi connectivity index (χ3v) is 5.45. The number of amides is 1. The van der Waals surface area contributed by atoms with Gasteiger partial charge in [0.05, 0.1) is 24.3 Å². The van der Waals surface area contributed by atoms with Crippen LogP contribution in [0.4, 0.5) is 0 Å². The highest BCUT2D eigenvalue weighted by Crippen LogP contribution is 2.31. The number of ether oxygens (including phenoxy) is 2. The second-order valence-electron chi connectivity index (χ2n) is 6.36. The molecule has 26 heavy (non-hydrogen) atoms. The smallest absolute Gasteiger partial charge is 0.223 e. The van der Waals surface area contributed by atoms with Crippen molar-refractivity contribution in [2.75, 3.05) is 14.2 Å². The van der Waals surface area contributed by atoms with Crippen LogP contribution in [0.3, 0.4) is 0 Å². The number of hydrogen-bond donors (Lipinski definition) is 0. The third kappa shape index (κ3) is 4.08. The molecule has 2 aromatic rings. The van der Waals surface area contributed by atoms with Gasteiger partial charge in [-0.25, -0.2) is 0 Å². The molecule has 6 heteroatoms. The van der Waals surface area contributed by atoms with Crippen LogP contribution in [0, 0.1) is 0 Å². The van der Waals surface area contributed by atoms with E-state index >= 15 is 0 Å². The molecule has 0 aromatic heterocycles. The molecule has 1 heterocycles. The number of likely N-dealkylation sites (tertiary alicyclic amines) is 1. The van der Waals surface area contributed by atoms with Crippen molar-refractivity contribution in [3.63, 3.8) is 0 Å². The largest absolute Gasteiger partial charge is 0.493 e. The zero-order valence-electron chi connectivity index (χ0n) is 14.8. The van der Waals surface area contributed by atoms with Crippen molar-refractivity contribution in [3.05, 3.63) is 57.6 Å². The molecule has 0 bridgehead atoms. The molecule has 2 aromatic carbocycles. The van der Waals surface area contributed by atoms with Crippen molar-refractivity contribution >= 4 is 29.1 Å². The van der Waals surface area contributed by atoms with Gasteiger partial charge in [0.2, 0.25) is 5.91 Å². The zero-order valence-corrected chi connectivity index (χ0v) is 16.3. The molecular weight excluding hydrogens is 373 g/mol. The fourth-order valence-corrected chi connectivity index (χ4v) is 3.66. The van der Waals surface area contributed by atoms with Crippen LogP contribution in [0.5, 0.6) is 11.5 Å². The fraction of sp³-hybridized carbons (Fsp3) is 0.350. The van der Waals surface area contributed by atoms with Crippen LogP contribution in [0.2, 0.25) is 10.0 Å². The van der Waals surface area contributed by atoms with E-state index in [4.69, 9.17) is 32.7 Å². The van der Waals surface area contributed by atoms with Crippen LogP contribution in [0.1, 0.15) is 24.0 Å². The van der Waals surface area contributed by atoms with Crippen molar-refractivity contribution in [3.8, 4) is 11.5 Å². The highest BCUT2D eigenvalue weighted by Gasteiger charge is 2.31. The maximum absolute atomic E-state index is 12.4. The molecule has 0 saturated carbocycles. The van der Waals surface area contributed by atoms with Gasteiger partial charge >= 0.3 is 0 Å². The van der Waals surface area contributed by atoms with E-state index < -0.39 is 0 Å². The Labute approximate surface area is 163 Å². The Morgan fingerprint density at radius 1 is 1.00 bits per heavy atom. The molecule has 1 saturated heterocycles. The first-order valence-electron chi connectivity index (χ1n) is 8.46. The second-order valence-corrected chi connectivity index (χ2v) is 7.17. The molecule has 1 atom stereocenters. The van der Waals surface area contributed by atoms with Crippen molar-refractivity contribution in [1.29, 1.82) is 0 Å². The van der Waals surface area contributed by atoms with Gasteiger partial charge in [0.1, 0.15) is 0 Å². The molecule has 1 aliphatic rings. The van der Waals surface area contributed by atoms with E-state index in [0.717, 1.165) is 24.0 Å². The molecular formula is C20H21Cl2NO3. The van der Waals surface area contributed by atoms with Crippen molar-refractivity contribution in [2.24, 2.45) is 0 Å². The van der Waals surface area contributed by atoms with Gasteiger partial charge in [-0.15, -0.1) is 0 Å². The summed E-state index contributed by atoms with van der Waals surface area (Å²) in [5.74, 6) is 1.57. The van der Waals surface area contributed by atoms with Crippen LogP contribution >= 0.6 is 23.2 Å². The summed E-state index contributed by atoms with van der Waals surface area (Å²) in [6.45, 7) is 0.535. The summed E-state index contributed by atoms with van der Waals surface area (Å²) < 4.78 is 10.7. The van der Waals surface area contributed by atoms with Gasteiger partial charge in [0.15, 0.2) is 11.5 Å². The van der Waals surface area contributed by atoms with Gasteiger partial charge in [0, 0.05) is 19.0 Å². The van der Waals surface area contributed by atoms with Gasteiger partial charge in [0.25, 0.3) is 0 Å². The molecule has 0 radical (unpaired) electrons. The second kappa shape index (κ2) is 8.19. The Balaban J connectivity index is 1.76. The molecule has 1 aliphatic heterocycles. The Morgan fingerprint density at radius 2 is 1.73 bits per heavy atom. The Morgan fingerprint density at radius 3 is 2.42 bits per heavy atom. The maximum atomic E-state index is 12.4. The van der Waals surface area contributed by atoms with Gasteiger partial charge in [-0.3, -0.25) is 4.79 Å². The predicted octanol–water partition coefficient (Wildman–Crippen LogP) is 4.74. The molecule has 0 spiro atoms. The maximum Gasteiger partial charge on any atom is 0.223 e. The lowest BCUT2D eigenvalue weighted by Crippen LogP contribution is -2.33. The van der Waals surface area contributed by atoms with Gasteiger partial charge in [-0.1, -0.05) is 35.3 Å². The van der Waals surface area contributed by atoms with Crippen molar-refractivity contribution in [2.45, 2.75) is 31.8 Å². The lowest BCUT2D eigenvalue weighted by Gasteiger charge is -2.25. The summed E-state index contributed by atoms with van der Waals surface area (Å²) in [6, 6.07) is 11.5.